The van der Waals surface area contributed by atoms with Crippen LogP contribution >= 0.6 is 0 Å². The van der Waals surface area contributed by atoms with Gasteiger partial charge in [-0.05, 0) is 64.8 Å². The van der Waals surface area contributed by atoms with Crippen molar-refractivity contribution in [2.24, 2.45) is 5.73 Å². The molecule has 0 heterocycles. The van der Waals surface area contributed by atoms with Gasteiger partial charge in [0.05, 0.1) is 0 Å². The molecular weight excluding hydrogens is 314 g/mol. The normalized spacial score (nSPS) is 12.8. The number of hydrogen-bond donors (Lipinski definition) is 2. The molecule has 1 rings (SSSR count). The van der Waals surface area contributed by atoms with E-state index in [4.69, 9.17) is 16.2 Å². The van der Waals surface area contributed by atoms with Crippen molar-refractivity contribution < 1.29 is 9.53 Å². The number of benzene rings is 1. The molecule has 25 heavy (non-hydrogen) atoms. The highest BCUT2D eigenvalue weighted by Gasteiger charge is 2.22. The van der Waals surface area contributed by atoms with E-state index in [1.807, 2.05) is 71.0 Å². The number of allylic oxidation sites excluding steroid dienone is 3. The molecule has 0 spiro atoms. The summed E-state index contributed by atoms with van der Waals surface area (Å²) in [5.74, 6) is 0. The van der Waals surface area contributed by atoms with Crippen LogP contribution in [0.25, 0.3) is 0 Å². The quantitative estimate of drug-likeness (QED) is 0.598. The van der Waals surface area contributed by atoms with E-state index < -0.39 is 5.60 Å². The summed E-state index contributed by atoms with van der Waals surface area (Å²) in [5.41, 5.74) is 14.5. The predicted molar refractivity (Wildman–Crippen MR) is 104 cm³/mol. The van der Waals surface area contributed by atoms with E-state index in [1.165, 1.54) is 0 Å². The third-order valence-electron chi connectivity index (χ3n) is 3.41. The second-order valence-corrected chi connectivity index (χ2v) is 7.32. The zero-order chi connectivity index (χ0) is 19.0. The van der Waals surface area contributed by atoms with Gasteiger partial charge in [-0.3, -0.25) is 0 Å². The van der Waals surface area contributed by atoms with Crippen molar-refractivity contribution in [1.82, 2.24) is 4.90 Å². The van der Waals surface area contributed by atoms with Crippen molar-refractivity contribution >= 4 is 11.8 Å². The largest absolute Gasteiger partial charge is 0.444 e. The van der Waals surface area contributed by atoms with Crippen LogP contribution in [0.15, 0.2) is 47.7 Å². The number of rotatable bonds is 6. The lowest BCUT2D eigenvalue weighted by atomic mass is 10.1. The summed E-state index contributed by atoms with van der Waals surface area (Å²) in [6.07, 6.45) is 4.28. The van der Waals surface area contributed by atoms with Gasteiger partial charge in [0.25, 0.3) is 0 Å². The Balaban J connectivity index is 2.83. The van der Waals surface area contributed by atoms with Crippen molar-refractivity contribution in [3.8, 4) is 0 Å². The number of amides is 1. The van der Waals surface area contributed by atoms with Crippen LogP contribution < -0.4 is 11.5 Å². The molecule has 5 nitrogen and oxygen atoms in total. The minimum absolute atomic E-state index is 0.317. The Morgan fingerprint density at radius 2 is 1.76 bits per heavy atom. The second kappa shape index (κ2) is 9.16. The first-order valence-corrected chi connectivity index (χ1v) is 8.48. The third kappa shape index (κ3) is 8.84. The third-order valence-corrected chi connectivity index (χ3v) is 3.41. The fourth-order valence-corrected chi connectivity index (χ4v) is 2.07. The number of nitrogens with two attached hydrogens (primary N) is 2. The minimum atomic E-state index is -0.527. The van der Waals surface area contributed by atoms with Gasteiger partial charge in [0, 0.05) is 24.5 Å². The topological polar surface area (TPSA) is 81.6 Å². The summed E-state index contributed by atoms with van der Waals surface area (Å²) in [7, 11) is 0. The number of nitrogens with zero attached hydrogens (tertiary/aromatic N) is 1. The highest BCUT2D eigenvalue weighted by atomic mass is 16.6. The van der Waals surface area contributed by atoms with E-state index in [0.717, 1.165) is 23.3 Å². The van der Waals surface area contributed by atoms with Crippen LogP contribution in [0.4, 0.5) is 10.5 Å². The lowest BCUT2D eigenvalue weighted by Crippen LogP contribution is -2.37. The molecular formula is C20H31N3O2. The molecule has 5 heteroatoms. The van der Waals surface area contributed by atoms with Crippen molar-refractivity contribution in [3.63, 3.8) is 0 Å². The lowest BCUT2D eigenvalue weighted by molar-refractivity contribution is 0.0236. The lowest BCUT2D eigenvalue weighted by Gasteiger charge is -2.27. The van der Waals surface area contributed by atoms with Crippen LogP contribution in [0.3, 0.4) is 0 Å². The number of anilines is 1. The minimum Gasteiger partial charge on any atom is -0.444 e. The van der Waals surface area contributed by atoms with Gasteiger partial charge in [-0.15, -0.1) is 0 Å². The molecule has 0 fully saturated rings. The van der Waals surface area contributed by atoms with Gasteiger partial charge in [-0.1, -0.05) is 23.8 Å². The first kappa shape index (κ1) is 20.6. The number of hydrogen-bond acceptors (Lipinski definition) is 4. The summed E-state index contributed by atoms with van der Waals surface area (Å²) in [6.45, 7) is 10.5. The summed E-state index contributed by atoms with van der Waals surface area (Å²) in [4.78, 5) is 14.3. The Morgan fingerprint density at radius 3 is 2.28 bits per heavy atom. The van der Waals surface area contributed by atoms with Gasteiger partial charge in [0.1, 0.15) is 5.60 Å². The van der Waals surface area contributed by atoms with Crippen LogP contribution in [-0.2, 0) is 11.3 Å². The molecule has 138 valence electrons. The van der Waals surface area contributed by atoms with Crippen molar-refractivity contribution in [2.45, 2.75) is 53.2 Å². The average Bonchev–Trinajstić information content (AvgIpc) is 2.49. The zero-order valence-electron chi connectivity index (χ0n) is 16.0. The van der Waals surface area contributed by atoms with Crippen molar-refractivity contribution in [3.05, 3.63) is 53.3 Å². The fourth-order valence-electron chi connectivity index (χ4n) is 2.07. The molecule has 4 N–H and O–H groups in total. The molecule has 0 saturated carbocycles. The molecule has 0 atom stereocenters. The van der Waals surface area contributed by atoms with Crippen LogP contribution in [0.2, 0.25) is 0 Å². The second-order valence-electron chi connectivity index (χ2n) is 7.32. The Hall–Kier alpha value is -2.43. The van der Waals surface area contributed by atoms with Crippen LogP contribution in [0.1, 0.15) is 46.6 Å². The monoisotopic (exact) mass is 345 g/mol. The number of carbonyl (C=O) groups is 1. The molecule has 0 radical (unpaired) electrons. The first-order valence-electron chi connectivity index (χ1n) is 8.48. The van der Waals surface area contributed by atoms with Gasteiger partial charge in [-0.25, -0.2) is 4.79 Å². The standard InChI is InChI=1S/C20H31N3O2/c1-15(6-7-16(2)21)12-13-23(19(24)25-20(3,4)5)14-17-8-10-18(22)11-9-17/h6-11H,12-14,21-22H2,1-5H3/b15-6+,16-7+. The molecule has 0 aliphatic heterocycles. The summed E-state index contributed by atoms with van der Waals surface area (Å²) in [6, 6.07) is 7.52. The molecule has 0 bridgehead atoms. The average molecular weight is 345 g/mol. The summed E-state index contributed by atoms with van der Waals surface area (Å²) >= 11 is 0. The van der Waals surface area contributed by atoms with E-state index in [0.29, 0.717) is 18.8 Å². The van der Waals surface area contributed by atoms with E-state index in [9.17, 15) is 4.79 Å². The molecule has 0 aliphatic rings. The van der Waals surface area contributed by atoms with E-state index in [2.05, 4.69) is 0 Å². The van der Waals surface area contributed by atoms with Crippen LogP contribution in [0.5, 0.6) is 0 Å². The molecule has 0 aromatic heterocycles. The molecule has 1 aromatic rings. The molecule has 1 aromatic carbocycles. The van der Waals surface area contributed by atoms with Crippen molar-refractivity contribution in [2.75, 3.05) is 12.3 Å². The first-order chi connectivity index (χ1) is 11.6. The maximum absolute atomic E-state index is 12.5. The van der Waals surface area contributed by atoms with Crippen LogP contribution in [0, 0.1) is 0 Å². The predicted octanol–water partition coefficient (Wildman–Crippen LogP) is 4.20. The van der Waals surface area contributed by atoms with E-state index in [-0.39, 0.29) is 6.09 Å². The molecule has 0 unspecified atom stereocenters. The van der Waals surface area contributed by atoms with E-state index in [1.54, 1.807) is 4.90 Å². The number of ether oxygens (including phenoxy) is 1. The molecule has 0 aliphatic carbocycles. The number of nitrogen functional groups attached to an aromatic ring is 1. The Kier molecular flexibility index (Phi) is 7.55. The highest BCUT2D eigenvalue weighted by Crippen LogP contribution is 2.15. The van der Waals surface area contributed by atoms with Gasteiger partial charge in [0.15, 0.2) is 0 Å². The maximum atomic E-state index is 12.5. The zero-order valence-corrected chi connectivity index (χ0v) is 16.0. The fraction of sp³-hybridized carbons (Fsp3) is 0.450. The Morgan fingerprint density at radius 1 is 1.16 bits per heavy atom. The maximum Gasteiger partial charge on any atom is 0.410 e. The Labute approximate surface area is 151 Å². The summed E-state index contributed by atoms with van der Waals surface area (Å²) in [5, 5.41) is 0. The molecule has 0 saturated heterocycles. The van der Waals surface area contributed by atoms with Gasteiger partial charge in [0.2, 0.25) is 0 Å². The van der Waals surface area contributed by atoms with Crippen LogP contribution in [-0.4, -0.2) is 23.1 Å². The van der Waals surface area contributed by atoms with Gasteiger partial charge in [-0.2, -0.15) is 0 Å². The molecule has 1 amide bonds. The highest BCUT2D eigenvalue weighted by molar-refractivity contribution is 5.68. The summed E-state index contributed by atoms with van der Waals surface area (Å²) < 4.78 is 5.54. The Bertz CT molecular complexity index is 621. The van der Waals surface area contributed by atoms with Crippen molar-refractivity contribution in [1.29, 1.82) is 0 Å². The van der Waals surface area contributed by atoms with E-state index >= 15 is 0 Å². The number of carbonyl (C=O) groups excluding carboxylic acids is 1. The van der Waals surface area contributed by atoms with Gasteiger partial charge < -0.3 is 21.1 Å². The SMILES string of the molecule is C/C(N)=C\C=C(/C)CCN(Cc1ccc(N)cc1)C(=O)OC(C)(C)C. The van der Waals surface area contributed by atoms with Gasteiger partial charge >= 0.3 is 6.09 Å². The smallest absolute Gasteiger partial charge is 0.410 e.